The van der Waals surface area contributed by atoms with Gasteiger partial charge in [-0.15, -0.1) is 8.78 Å². The van der Waals surface area contributed by atoms with Crippen molar-refractivity contribution in [2.75, 3.05) is 12.4 Å². The van der Waals surface area contributed by atoms with Crippen LogP contribution >= 0.6 is 0 Å². The number of carboxylic acids is 1. The van der Waals surface area contributed by atoms with Crippen LogP contribution in [-0.4, -0.2) is 40.6 Å². The summed E-state index contributed by atoms with van der Waals surface area (Å²) in [6.45, 7) is 5.53. The predicted octanol–water partition coefficient (Wildman–Crippen LogP) is 5.26. The van der Waals surface area contributed by atoms with Gasteiger partial charge < -0.3 is 29.7 Å². The van der Waals surface area contributed by atoms with Crippen molar-refractivity contribution in [2.45, 2.75) is 51.0 Å². The SMILES string of the molecule is COc1ccc([C@@H]2c3nc(NC(C)C)ccc3[C@H](c3ccc4c(c3)OC(F)(F)O4)[C@H]2C(=O)O)c(C(C)O)c1. The number of nitrogens with zero attached hydrogens (tertiary/aromatic N) is 1. The number of aliphatic hydroxyl groups excluding tert-OH is 1. The number of ether oxygens (including phenoxy) is 3. The number of nitrogens with one attached hydrogen (secondary N) is 1. The smallest absolute Gasteiger partial charge is 0.497 e. The normalized spacial score (nSPS) is 21.7. The first-order valence-corrected chi connectivity index (χ1v) is 12.2. The Kier molecular flexibility index (Phi) is 6.38. The molecule has 0 bridgehead atoms. The molecule has 0 saturated heterocycles. The van der Waals surface area contributed by atoms with Crippen LogP contribution in [0.2, 0.25) is 0 Å². The number of rotatable bonds is 7. The number of carboxylic acid groups (broad SMARTS) is 1. The number of fused-ring (bicyclic) bond motifs is 2. The van der Waals surface area contributed by atoms with Crippen LogP contribution in [0.15, 0.2) is 48.5 Å². The van der Waals surface area contributed by atoms with Crippen LogP contribution < -0.4 is 19.5 Å². The molecule has 1 unspecified atom stereocenters. The van der Waals surface area contributed by atoms with E-state index in [0.717, 1.165) is 0 Å². The summed E-state index contributed by atoms with van der Waals surface area (Å²) in [4.78, 5) is 17.8. The second kappa shape index (κ2) is 9.43. The Morgan fingerprint density at radius 1 is 1.03 bits per heavy atom. The van der Waals surface area contributed by atoms with Crippen LogP contribution in [0.4, 0.5) is 14.6 Å². The number of aliphatic carboxylic acids is 1. The number of carbonyl (C=O) groups is 1. The fraction of sp³-hybridized carbons (Fsp3) is 0.357. The second-order valence-electron chi connectivity index (χ2n) is 9.83. The molecule has 3 aromatic rings. The Hall–Kier alpha value is -3.92. The van der Waals surface area contributed by atoms with E-state index in [4.69, 9.17) is 9.72 Å². The third kappa shape index (κ3) is 4.49. The molecule has 2 aromatic carbocycles. The number of alkyl halides is 2. The zero-order valence-corrected chi connectivity index (χ0v) is 21.2. The van der Waals surface area contributed by atoms with E-state index in [1.807, 2.05) is 19.9 Å². The Morgan fingerprint density at radius 2 is 1.74 bits per heavy atom. The first-order chi connectivity index (χ1) is 18.0. The zero-order valence-electron chi connectivity index (χ0n) is 21.2. The summed E-state index contributed by atoms with van der Waals surface area (Å²) in [7, 11) is 1.51. The van der Waals surface area contributed by atoms with Gasteiger partial charge in [0.1, 0.15) is 11.6 Å². The van der Waals surface area contributed by atoms with Gasteiger partial charge in [0.25, 0.3) is 0 Å². The molecule has 1 aliphatic carbocycles. The number of pyridine rings is 1. The molecule has 10 heteroatoms. The summed E-state index contributed by atoms with van der Waals surface area (Å²) in [5, 5.41) is 24.5. The van der Waals surface area contributed by atoms with Gasteiger partial charge in [-0.1, -0.05) is 18.2 Å². The molecule has 5 rings (SSSR count). The first kappa shape index (κ1) is 25.7. The molecule has 0 radical (unpaired) electrons. The largest absolute Gasteiger partial charge is 0.586 e. The van der Waals surface area contributed by atoms with Gasteiger partial charge in [-0.2, -0.15) is 0 Å². The van der Waals surface area contributed by atoms with Crippen molar-refractivity contribution < 1.29 is 38.0 Å². The Balaban J connectivity index is 1.72. The molecule has 1 aromatic heterocycles. The third-order valence-corrected chi connectivity index (χ3v) is 6.89. The molecule has 0 fully saturated rings. The fourth-order valence-electron chi connectivity index (χ4n) is 5.43. The molecule has 8 nitrogen and oxygen atoms in total. The van der Waals surface area contributed by atoms with E-state index in [9.17, 15) is 23.8 Å². The average molecular weight is 527 g/mol. The highest BCUT2D eigenvalue weighted by Gasteiger charge is 2.50. The zero-order chi connectivity index (χ0) is 27.4. The lowest BCUT2D eigenvalue weighted by atomic mass is 9.78. The van der Waals surface area contributed by atoms with Crippen LogP contribution in [0.3, 0.4) is 0 Å². The maximum Gasteiger partial charge on any atom is 0.586 e. The molecule has 0 amide bonds. The highest BCUT2D eigenvalue weighted by Crippen LogP contribution is 2.55. The van der Waals surface area contributed by atoms with E-state index >= 15 is 0 Å². The summed E-state index contributed by atoms with van der Waals surface area (Å²) in [6, 6.07) is 13.1. The van der Waals surface area contributed by atoms with Crippen molar-refractivity contribution in [1.29, 1.82) is 0 Å². The number of aromatic nitrogens is 1. The van der Waals surface area contributed by atoms with Gasteiger partial charge in [0.05, 0.1) is 24.8 Å². The van der Waals surface area contributed by atoms with Crippen molar-refractivity contribution in [2.24, 2.45) is 5.92 Å². The van der Waals surface area contributed by atoms with E-state index < -0.39 is 36.1 Å². The lowest BCUT2D eigenvalue weighted by Gasteiger charge is -2.25. The topological polar surface area (TPSA) is 110 Å². The van der Waals surface area contributed by atoms with Gasteiger partial charge in [-0.3, -0.25) is 4.79 Å². The molecule has 2 heterocycles. The minimum atomic E-state index is -3.79. The minimum Gasteiger partial charge on any atom is -0.497 e. The van der Waals surface area contributed by atoms with Crippen molar-refractivity contribution >= 4 is 11.8 Å². The molecule has 1 aliphatic heterocycles. The van der Waals surface area contributed by atoms with Gasteiger partial charge in [0.15, 0.2) is 11.5 Å². The summed E-state index contributed by atoms with van der Waals surface area (Å²) < 4.78 is 42.0. The number of aliphatic hydroxyl groups is 1. The second-order valence-corrected chi connectivity index (χ2v) is 9.83. The van der Waals surface area contributed by atoms with Gasteiger partial charge >= 0.3 is 12.3 Å². The Bertz CT molecular complexity index is 1390. The van der Waals surface area contributed by atoms with Crippen molar-refractivity contribution in [3.8, 4) is 17.2 Å². The van der Waals surface area contributed by atoms with Crippen LogP contribution in [0.5, 0.6) is 17.2 Å². The maximum atomic E-state index is 13.7. The van der Waals surface area contributed by atoms with Gasteiger partial charge in [0.2, 0.25) is 0 Å². The van der Waals surface area contributed by atoms with E-state index in [-0.39, 0.29) is 17.5 Å². The number of benzene rings is 2. The number of methoxy groups -OCH3 is 1. The molecule has 0 saturated carbocycles. The average Bonchev–Trinajstić information content (AvgIpc) is 3.35. The highest BCUT2D eigenvalue weighted by atomic mass is 19.3. The molecule has 200 valence electrons. The van der Waals surface area contributed by atoms with Crippen molar-refractivity contribution in [1.82, 2.24) is 4.98 Å². The molecule has 3 N–H and O–H groups in total. The molecular formula is C28H28F2N2O6. The molecule has 0 spiro atoms. The first-order valence-electron chi connectivity index (χ1n) is 12.2. The van der Waals surface area contributed by atoms with Crippen LogP contribution in [-0.2, 0) is 4.79 Å². The quantitative estimate of drug-likeness (QED) is 0.382. The third-order valence-electron chi connectivity index (χ3n) is 6.89. The maximum absolute atomic E-state index is 13.7. The van der Waals surface area contributed by atoms with Crippen LogP contribution in [0.1, 0.15) is 66.7 Å². The minimum absolute atomic E-state index is 0.0796. The van der Waals surface area contributed by atoms with E-state index in [1.165, 1.54) is 19.2 Å². The lowest BCUT2D eigenvalue weighted by molar-refractivity contribution is -0.286. The van der Waals surface area contributed by atoms with Crippen molar-refractivity contribution in [3.05, 3.63) is 76.5 Å². The summed E-state index contributed by atoms with van der Waals surface area (Å²) in [6.07, 6.45) is -4.71. The van der Waals surface area contributed by atoms with E-state index in [0.29, 0.717) is 39.5 Å². The predicted molar refractivity (Wildman–Crippen MR) is 134 cm³/mol. The molecular weight excluding hydrogens is 498 g/mol. The van der Waals surface area contributed by atoms with Crippen LogP contribution in [0, 0.1) is 5.92 Å². The van der Waals surface area contributed by atoms with Crippen LogP contribution in [0.25, 0.3) is 0 Å². The Labute approximate surface area is 218 Å². The Morgan fingerprint density at radius 3 is 2.39 bits per heavy atom. The van der Waals surface area contributed by atoms with Gasteiger partial charge in [-0.25, -0.2) is 4.98 Å². The monoisotopic (exact) mass is 526 g/mol. The number of halogens is 2. The lowest BCUT2D eigenvalue weighted by Crippen LogP contribution is -2.26. The number of hydrogen-bond acceptors (Lipinski definition) is 7. The van der Waals surface area contributed by atoms with Crippen molar-refractivity contribution in [3.63, 3.8) is 0 Å². The van der Waals surface area contributed by atoms with Gasteiger partial charge in [0, 0.05) is 17.9 Å². The van der Waals surface area contributed by atoms with E-state index in [2.05, 4.69) is 14.8 Å². The van der Waals surface area contributed by atoms with Gasteiger partial charge in [-0.05, 0) is 73.4 Å². The molecule has 38 heavy (non-hydrogen) atoms. The fourth-order valence-corrected chi connectivity index (χ4v) is 5.43. The molecule has 2 aliphatic rings. The van der Waals surface area contributed by atoms with E-state index in [1.54, 1.807) is 37.3 Å². The highest BCUT2D eigenvalue weighted by molar-refractivity contribution is 5.78. The summed E-state index contributed by atoms with van der Waals surface area (Å²) in [5.74, 6) is -2.82. The standard InChI is InChI=1S/C28H28F2N2O6/c1-13(2)31-22-10-8-18-23(15-5-9-20-21(11-15)38-28(29,30)37-20)25(27(34)35)24(26(18)32-22)17-7-6-16(36-4)12-19(17)14(3)33/h5-14,23-25,33H,1-4H3,(H,31,32)(H,34,35)/t14?,23-,24-,25+/m0/s1. The summed E-state index contributed by atoms with van der Waals surface area (Å²) in [5.41, 5.74) is 2.76. The summed E-state index contributed by atoms with van der Waals surface area (Å²) >= 11 is 0. The molecule has 4 atom stereocenters. The number of anilines is 1. The number of hydrogen-bond donors (Lipinski definition) is 3.